The molecule has 2 aliphatic rings. The van der Waals surface area contributed by atoms with Gasteiger partial charge in [0.05, 0.1) is 18.3 Å². The second-order valence-electron chi connectivity index (χ2n) is 5.29. The molecule has 3 atom stereocenters. The highest BCUT2D eigenvalue weighted by molar-refractivity contribution is 5.25. The predicted octanol–water partition coefficient (Wildman–Crippen LogP) is 1.57. The smallest absolute Gasteiger partial charge is 0.0781 e. The second-order valence-corrected chi connectivity index (χ2v) is 5.29. The van der Waals surface area contributed by atoms with Crippen LogP contribution in [0.25, 0.3) is 0 Å². The Balaban J connectivity index is 1.94. The topological polar surface area (TPSA) is 50.1 Å². The first-order valence-electron chi connectivity index (χ1n) is 6.73. The number of nitrogens with one attached hydrogen (secondary N) is 1. The van der Waals surface area contributed by atoms with Crippen molar-refractivity contribution >= 4 is 0 Å². The van der Waals surface area contributed by atoms with Gasteiger partial charge >= 0.3 is 0 Å². The Hall–Kier alpha value is -0.870. The van der Waals surface area contributed by atoms with Gasteiger partial charge in [-0.1, -0.05) is 0 Å². The molecule has 3 unspecified atom stereocenters. The number of aliphatic hydroxyl groups excluding tert-OH is 1. The molecule has 4 heteroatoms. The summed E-state index contributed by atoms with van der Waals surface area (Å²) in [6, 6.07) is 0.667. The van der Waals surface area contributed by atoms with Crippen LogP contribution in [0.1, 0.15) is 55.4 Å². The third-order valence-electron chi connectivity index (χ3n) is 4.32. The van der Waals surface area contributed by atoms with Gasteiger partial charge in [-0.05, 0) is 45.6 Å². The summed E-state index contributed by atoms with van der Waals surface area (Å²) in [7, 11) is 2.02. The normalized spacial score (nSPS) is 32.7. The molecule has 3 rings (SSSR count). The van der Waals surface area contributed by atoms with Gasteiger partial charge in [-0.25, -0.2) is 0 Å². The molecule has 94 valence electrons. The quantitative estimate of drug-likeness (QED) is 0.818. The average Bonchev–Trinajstić information content (AvgIpc) is 2.94. The van der Waals surface area contributed by atoms with Gasteiger partial charge in [0.25, 0.3) is 0 Å². The van der Waals surface area contributed by atoms with Crippen molar-refractivity contribution in [2.75, 3.05) is 7.05 Å². The summed E-state index contributed by atoms with van der Waals surface area (Å²) < 4.78 is 2.11. The monoisotopic (exact) mass is 235 g/mol. The molecule has 1 fully saturated rings. The lowest BCUT2D eigenvalue weighted by atomic mass is 9.93. The molecule has 1 heterocycles. The fourth-order valence-electron chi connectivity index (χ4n) is 3.37. The van der Waals surface area contributed by atoms with Gasteiger partial charge in [0.1, 0.15) is 0 Å². The maximum Gasteiger partial charge on any atom is 0.0781 e. The van der Waals surface area contributed by atoms with Crippen molar-refractivity contribution in [3.63, 3.8) is 0 Å². The molecule has 17 heavy (non-hydrogen) atoms. The summed E-state index contributed by atoms with van der Waals surface area (Å²) in [5.74, 6) is 0. The lowest BCUT2D eigenvalue weighted by molar-refractivity contribution is 0.128. The Bertz CT molecular complexity index is 401. The lowest BCUT2D eigenvalue weighted by Crippen LogP contribution is -2.25. The molecular weight excluding hydrogens is 214 g/mol. The molecule has 2 N–H and O–H groups in total. The molecule has 0 spiro atoms. The zero-order chi connectivity index (χ0) is 11.8. The van der Waals surface area contributed by atoms with Crippen LogP contribution in [-0.4, -0.2) is 28.0 Å². The third kappa shape index (κ3) is 1.79. The van der Waals surface area contributed by atoms with Crippen LogP contribution in [0.3, 0.4) is 0 Å². The molecule has 1 aromatic heterocycles. The number of aromatic nitrogens is 2. The van der Waals surface area contributed by atoms with Crippen molar-refractivity contribution in [3.8, 4) is 0 Å². The van der Waals surface area contributed by atoms with Crippen LogP contribution in [0.15, 0.2) is 6.20 Å². The van der Waals surface area contributed by atoms with Gasteiger partial charge in [0.15, 0.2) is 0 Å². The van der Waals surface area contributed by atoms with E-state index >= 15 is 0 Å². The molecular formula is C13H21N3O. The van der Waals surface area contributed by atoms with Crippen LogP contribution < -0.4 is 5.32 Å². The van der Waals surface area contributed by atoms with Crippen LogP contribution in [-0.2, 0) is 6.42 Å². The molecule has 1 saturated carbocycles. The van der Waals surface area contributed by atoms with Gasteiger partial charge < -0.3 is 10.4 Å². The molecule has 0 saturated heterocycles. The Morgan fingerprint density at radius 3 is 2.94 bits per heavy atom. The number of nitrogens with zero attached hydrogens (tertiary/aromatic N) is 2. The van der Waals surface area contributed by atoms with Crippen molar-refractivity contribution in [1.29, 1.82) is 0 Å². The van der Waals surface area contributed by atoms with Gasteiger partial charge in [-0.2, -0.15) is 5.10 Å². The van der Waals surface area contributed by atoms with E-state index in [9.17, 15) is 5.11 Å². The molecule has 0 bridgehead atoms. The van der Waals surface area contributed by atoms with E-state index in [1.807, 2.05) is 13.2 Å². The van der Waals surface area contributed by atoms with E-state index in [1.165, 1.54) is 24.1 Å². The predicted molar refractivity (Wildman–Crippen MR) is 65.9 cm³/mol. The molecule has 2 aliphatic carbocycles. The fourth-order valence-corrected chi connectivity index (χ4v) is 3.37. The lowest BCUT2D eigenvalue weighted by Gasteiger charge is -2.25. The van der Waals surface area contributed by atoms with Gasteiger partial charge in [-0.3, -0.25) is 4.68 Å². The first-order valence-corrected chi connectivity index (χ1v) is 6.73. The number of fused-ring (bicyclic) bond motifs is 1. The summed E-state index contributed by atoms with van der Waals surface area (Å²) in [6.07, 6.45) is 8.44. The molecule has 0 radical (unpaired) electrons. The number of aliphatic hydroxyl groups is 1. The third-order valence-corrected chi connectivity index (χ3v) is 4.32. The zero-order valence-electron chi connectivity index (χ0n) is 10.4. The standard InChI is InChI=1S/C13H21N3O/c1-14-10-4-2-5-11-9(10)8-15-16(11)12-6-3-7-13(12)17/h8,10,12-14,17H,2-7H2,1H3. The van der Waals surface area contributed by atoms with Crippen molar-refractivity contribution < 1.29 is 5.11 Å². The van der Waals surface area contributed by atoms with Crippen LogP contribution in [0.2, 0.25) is 0 Å². The van der Waals surface area contributed by atoms with Gasteiger partial charge in [0.2, 0.25) is 0 Å². The number of hydrogen-bond donors (Lipinski definition) is 2. The minimum absolute atomic E-state index is 0.200. The van der Waals surface area contributed by atoms with E-state index in [4.69, 9.17) is 0 Å². The maximum absolute atomic E-state index is 10.0. The van der Waals surface area contributed by atoms with E-state index in [-0.39, 0.29) is 12.1 Å². The summed E-state index contributed by atoms with van der Waals surface area (Å²) in [5, 5.41) is 17.9. The van der Waals surface area contributed by atoms with E-state index in [1.54, 1.807) is 0 Å². The van der Waals surface area contributed by atoms with Crippen LogP contribution in [0, 0.1) is 0 Å². The Labute approximate surface area is 102 Å². The van der Waals surface area contributed by atoms with Crippen molar-refractivity contribution in [1.82, 2.24) is 15.1 Å². The molecule has 0 aliphatic heterocycles. The van der Waals surface area contributed by atoms with Crippen LogP contribution in [0.5, 0.6) is 0 Å². The summed E-state index contributed by atoms with van der Waals surface area (Å²) in [6.45, 7) is 0. The molecule has 0 amide bonds. The summed E-state index contributed by atoms with van der Waals surface area (Å²) in [4.78, 5) is 0. The van der Waals surface area contributed by atoms with E-state index in [0.29, 0.717) is 6.04 Å². The number of hydrogen-bond acceptors (Lipinski definition) is 3. The minimum Gasteiger partial charge on any atom is -0.391 e. The largest absolute Gasteiger partial charge is 0.391 e. The molecule has 1 aromatic rings. The SMILES string of the molecule is CNC1CCCc2c1cnn2C1CCCC1O. The highest BCUT2D eigenvalue weighted by Gasteiger charge is 2.32. The van der Waals surface area contributed by atoms with Crippen molar-refractivity contribution in [2.24, 2.45) is 0 Å². The second kappa shape index (κ2) is 4.42. The number of rotatable bonds is 2. The van der Waals surface area contributed by atoms with Crippen molar-refractivity contribution in [3.05, 3.63) is 17.5 Å². The van der Waals surface area contributed by atoms with Crippen LogP contribution in [0.4, 0.5) is 0 Å². The fraction of sp³-hybridized carbons (Fsp3) is 0.769. The molecule has 4 nitrogen and oxygen atoms in total. The Kier molecular flexibility index (Phi) is 2.92. The minimum atomic E-state index is -0.200. The van der Waals surface area contributed by atoms with E-state index in [2.05, 4.69) is 15.1 Å². The molecule has 0 aromatic carbocycles. The van der Waals surface area contributed by atoms with E-state index < -0.39 is 0 Å². The van der Waals surface area contributed by atoms with Crippen LogP contribution >= 0.6 is 0 Å². The highest BCUT2D eigenvalue weighted by atomic mass is 16.3. The Morgan fingerprint density at radius 1 is 1.35 bits per heavy atom. The summed E-state index contributed by atoms with van der Waals surface area (Å²) >= 11 is 0. The zero-order valence-corrected chi connectivity index (χ0v) is 10.4. The maximum atomic E-state index is 10.0. The Morgan fingerprint density at radius 2 is 2.24 bits per heavy atom. The van der Waals surface area contributed by atoms with E-state index in [0.717, 1.165) is 25.7 Å². The average molecular weight is 235 g/mol. The summed E-state index contributed by atoms with van der Waals surface area (Å²) in [5.41, 5.74) is 2.69. The van der Waals surface area contributed by atoms with Crippen molar-refractivity contribution in [2.45, 2.75) is 56.7 Å². The highest BCUT2D eigenvalue weighted by Crippen LogP contribution is 2.35. The van der Waals surface area contributed by atoms with Gasteiger partial charge in [0, 0.05) is 17.3 Å². The first kappa shape index (κ1) is 11.2. The first-order chi connectivity index (χ1) is 8.31. The van der Waals surface area contributed by atoms with Gasteiger partial charge in [-0.15, -0.1) is 0 Å².